The van der Waals surface area contributed by atoms with Gasteiger partial charge < -0.3 is 24.1 Å². The summed E-state index contributed by atoms with van der Waals surface area (Å²) in [5.41, 5.74) is 1.70. The van der Waals surface area contributed by atoms with Crippen LogP contribution < -0.4 is 0 Å². The molecule has 1 N–H and O–H groups in total. The van der Waals surface area contributed by atoms with Crippen molar-refractivity contribution in [1.29, 1.82) is 0 Å². The highest BCUT2D eigenvalue weighted by molar-refractivity contribution is 5.66. The molecule has 0 bridgehead atoms. The van der Waals surface area contributed by atoms with E-state index in [1.165, 1.54) is 12.5 Å². The van der Waals surface area contributed by atoms with Crippen molar-refractivity contribution in [1.82, 2.24) is 0 Å². The summed E-state index contributed by atoms with van der Waals surface area (Å²) in [6.07, 6.45) is 8.13. The summed E-state index contributed by atoms with van der Waals surface area (Å²) < 4.78 is 22.7. The molecule has 174 valence electrons. The third-order valence-corrected chi connectivity index (χ3v) is 6.24. The molecule has 0 amide bonds. The van der Waals surface area contributed by atoms with Crippen molar-refractivity contribution in [2.45, 2.75) is 90.6 Å². The van der Waals surface area contributed by atoms with Crippen LogP contribution in [0, 0.1) is 5.92 Å². The van der Waals surface area contributed by atoms with Gasteiger partial charge in [-0.2, -0.15) is 0 Å². The molecule has 1 fully saturated rings. The molecule has 1 saturated heterocycles. The van der Waals surface area contributed by atoms with E-state index in [0.717, 1.165) is 31.3 Å². The minimum absolute atomic E-state index is 0.189. The second-order valence-electron chi connectivity index (χ2n) is 8.82. The molecule has 6 heteroatoms. The Morgan fingerprint density at radius 1 is 1.33 bits per heavy atom. The normalized spacial score (nSPS) is 24.9. The number of aliphatic hydroxyl groups is 1. The second-order valence-corrected chi connectivity index (χ2v) is 8.82. The predicted octanol–water partition coefficient (Wildman–Crippen LogP) is 4.56. The van der Waals surface area contributed by atoms with Gasteiger partial charge in [-0.3, -0.25) is 4.79 Å². The molecule has 0 saturated carbocycles. The molecule has 0 aliphatic carbocycles. The largest absolute Gasteiger partial charge is 0.462 e. The van der Waals surface area contributed by atoms with Crippen LogP contribution >= 0.6 is 0 Å². The zero-order valence-corrected chi connectivity index (χ0v) is 20.0. The number of methoxy groups -OCH3 is 2. The van der Waals surface area contributed by atoms with Crippen molar-refractivity contribution in [3.8, 4) is 0 Å². The Labute approximate surface area is 182 Å². The fourth-order valence-corrected chi connectivity index (χ4v) is 3.91. The van der Waals surface area contributed by atoms with Crippen molar-refractivity contribution < 1.29 is 28.8 Å². The third-order valence-electron chi connectivity index (χ3n) is 6.24. The number of aliphatic hydroxyl groups excluding tert-OH is 1. The van der Waals surface area contributed by atoms with E-state index in [4.69, 9.17) is 18.9 Å². The molecule has 6 nitrogen and oxygen atoms in total. The maximum absolute atomic E-state index is 10.9. The first-order chi connectivity index (χ1) is 14.1. The van der Waals surface area contributed by atoms with E-state index >= 15 is 0 Å². The van der Waals surface area contributed by atoms with Gasteiger partial charge in [0, 0.05) is 33.5 Å². The summed E-state index contributed by atoms with van der Waals surface area (Å²) in [4.78, 5) is 10.9. The van der Waals surface area contributed by atoms with Gasteiger partial charge in [0.25, 0.3) is 0 Å². The first kappa shape index (κ1) is 26.8. The van der Waals surface area contributed by atoms with Crippen LogP contribution in [0.1, 0.15) is 73.1 Å². The fourth-order valence-electron chi connectivity index (χ4n) is 3.91. The van der Waals surface area contributed by atoms with E-state index < -0.39 is 17.5 Å². The van der Waals surface area contributed by atoms with Crippen LogP contribution in [0.2, 0.25) is 0 Å². The number of hydrogen-bond donors (Lipinski definition) is 1. The lowest BCUT2D eigenvalue weighted by Gasteiger charge is -2.37. The molecule has 0 aromatic heterocycles. The molecule has 1 aliphatic heterocycles. The molecule has 1 heterocycles. The lowest BCUT2D eigenvalue weighted by atomic mass is 9.85. The first-order valence-corrected chi connectivity index (χ1v) is 11.0. The van der Waals surface area contributed by atoms with E-state index in [9.17, 15) is 9.90 Å². The van der Waals surface area contributed by atoms with Crippen molar-refractivity contribution in [2.75, 3.05) is 27.4 Å². The Morgan fingerprint density at radius 3 is 2.57 bits per heavy atom. The summed E-state index contributed by atoms with van der Waals surface area (Å²) in [5.74, 6) is -0.754. The van der Waals surface area contributed by atoms with Crippen LogP contribution in [0.5, 0.6) is 0 Å². The third kappa shape index (κ3) is 8.14. The Bertz CT molecular complexity index is 589. The van der Waals surface area contributed by atoms with Crippen molar-refractivity contribution >= 4 is 5.97 Å². The Kier molecular flexibility index (Phi) is 11.3. The van der Waals surface area contributed by atoms with Gasteiger partial charge in [0.05, 0.1) is 18.3 Å². The standard InChI is InChI=1S/C24H42O6/c1-18(2)12-15-24(27-6,28-7)19(3)9-8-14-23(5)22(26)11-10-21(17-30-23)13-16-29-20(4)25/h12-13,19,22,26H,8-11,14-17H2,1-7H3. The lowest BCUT2D eigenvalue weighted by molar-refractivity contribution is -0.236. The van der Waals surface area contributed by atoms with Gasteiger partial charge in [-0.1, -0.05) is 25.0 Å². The van der Waals surface area contributed by atoms with Gasteiger partial charge in [-0.15, -0.1) is 0 Å². The Morgan fingerprint density at radius 2 is 2.00 bits per heavy atom. The number of ether oxygens (including phenoxy) is 4. The van der Waals surface area contributed by atoms with Gasteiger partial charge in [-0.25, -0.2) is 0 Å². The highest BCUT2D eigenvalue weighted by Crippen LogP contribution is 2.35. The SMILES string of the molecule is COC(CC=C(C)C)(OC)C(C)CCCC1(C)OCC(=CCOC(C)=O)CCC1O. The van der Waals surface area contributed by atoms with Gasteiger partial charge >= 0.3 is 5.97 Å². The zero-order valence-electron chi connectivity index (χ0n) is 20.0. The molecule has 0 aromatic carbocycles. The monoisotopic (exact) mass is 426 g/mol. The molecule has 0 spiro atoms. The van der Waals surface area contributed by atoms with Crippen molar-refractivity contribution in [2.24, 2.45) is 5.92 Å². The molecule has 30 heavy (non-hydrogen) atoms. The molecule has 1 aliphatic rings. The molecular weight excluding hydrogens is 384 g/mol. The average Bonchev–Trinajstić information content (AvgIpc) is 2.82. The second kappa shape index (κ2) is 12.6. The Hall–Kier alpha value is -1.21. The first-order valence-electron chi connectivity index (χ1n) is 11.0. The van der Waals surface area contributed by atoms with E-state index in [2.05, 4.69) is 26.8 Å². The average molecular weight is 427 g/mol. The molecule has 0 aromatic rings. The highest BCUT2D eigenvalue weighted by atomic mass is 16.7. The lowest BCUT2D eigenvalue weighted by Crippen LogP contribution is -2.42. The quantitative estimate of drug-likeness (QED) is 0.297. The molecule has 1 rings (SSSR count). The van der Waals surface area contributed by atoms with Crippen LogP contribution in [0.3, 0.4) is 0 Å². The van der Waals surface area contributed by atoms with Crippen LogP contribution in [0.4, 0.5) is 0 Å². The molecule has 3 atom stereocenters. The minimum Gasteiger partial charge on any atom is -0.462 e. The predicted molar refractivity (Wildman–Crippen MR) is 118 cm³/mol. The van der Waals surface area contributed by atoms with E-state index in [-0.39, 0.29) is 18.5 Å². The van der Waals surface area contributed by atoms with E-state index in [1.54, 1.807) is 14.2 Å². The minimum atomic E-state index is -0.645. The summed E-state index contributed by atoms with van der Waals surface area (Å²) in [7, 11) is 3.39. The van der Waals surface area contributed by atoms with Crippen molar-refractivity contribution in [3.63, 3.8) is 0 Å². The molecule has 0 radical (unpaired) electrons. The summed E-state index contributed by atoms with van der Waals surface area (Å²) in [6.45, 7) is 10.4. The van der Waals surface area contributed by atoms with E-state index in [0.29, 0.717) is 19.4 Å². The Balaban J connectivity index is 2.66. The van der Waals surface area contributed by atoms with Crippen LogP contribution in [0.25, 0.3) is 0 Å². The molecular formula is C24H42O6. The number of carbonyl (C=O) groups excluding carboxylic acids is 1. The number of carbonyl (C=O) groups is 1. The van der Waals surface area contributed by atoms with Gasteiger partial charge in [0.2, 0.25) is 0 Å². The smallest absolute Gasteiger partial charge is 0.302 e. The summed E-state index contributed by atoms with van der Waals surface area (Å²) in [5, 5.41) is 10.7. The summed E-state index contributed by atoms with van der Waals surface area (Å²) >= 11 is 0. The van der Waals surface area contributed by atoms with Gasteiger partial charge in [-0.05, 0) is 58.1 Å². The van der Waals surface area contributed by atoms with Crippen LogP contribution in [-0.2, 0) is 23.7 Å². The molecule has 3 unspecified atom stereocenters. The van der Waals surface area contributed by atoms with Gasteiger partial charge in [0.1, 0.15) is 6.61 Å². The maximum Gasteiger partial charge on any atom is 0.302 e. The summed E-state index contributed by atoms with van der Waals surface area (Å²) in [6, 6.07) is 0. The maximum atomic E-state index is 10.9. The zero-order chi connectivity index (χ0) is 22.8. The fraction of sp³-hybridized carbons (Fsp3) is 0.792. The van der Waals surface area contributed by atoms with Crippen LogP contribution in [0.15, 0.2) is 23.3 Å². The van der Waals surface area contributed by atoms with Crippen molar-refractivity contribution in [3.05, 3.63) is 23.3 Å². The van der Waals surface area contributed by atoms with Gasteiger partial charge in [0.15, 0.2) is 5.79 Å². The number of rotatable bonds is 11. The number of esters is 1. The van der Waals surface area contributed by atoms with Crippen LogP contribution in [-0.4, -0.2) is 56.0 Å². The topological polar surface area (TPSA) is 74.2 Å². The number of hydrogen-bond acceptors (Lipinski definition) is 6. The van der Waals surface area contributed by atoms with E-state index in [1.807, 2.05) is 13.0 Å². The number of allylic oxidation sites excluding steroid dienone is 1. The highest BCUT2D eigenvalue weighted by Gasteiger charge is 2.38.